The van der Waals surface area contributed by atoms with E-state index in [1.54, 1.807) is 24.3 Å². The summed E-state index contributed by atoms with van der Waals surface area (Å²) in [4.78, 5) is 12.5. The SMILES string of the molecule is C[C@H](C(=O)Nc1ccccc1N(C)S(C)(=O)=O)c1ccccc1. The molecule has 0 heterocycles. The van der Waals surface area contributed by atoms with Gasteiger partial charge in [0.2, 0.25) is 15.9 Å². The van der Waals surface area contributed by atoms with E-state index in [9.17, 15) is 13.2 Å². The number of benzene rings is 2. The summed E-state index contributed by atoms with van der Waals surface area (Å²) in [5, 5.41) is 2.82. The molecule has 2 rings (SSSR count). The Hall–Kier alpha value is -2.34. The lowest BCUT2D eigenvalue weighted by atomic mass is 10.0. The van der Waals surface area contributed by atoms with E-state index in [1.807, 2.05) is 37.3 Å². The van der Waals surface area contributed by atoms with E-state index in [4.69, 9.17) is 0 Å². The molecule has 1 amide bonds. The largest absolute Gasteiger partial charge is 0.324 e. The molecule has 6 heteroatoms. The molecule has 1 atom stereocenters. The van der Waals surface area contributed by atoms with Crippen molar-refractivity contribution in [2.24, 2.45) is 0 Å². The fourth-order valence-corrected chi connectivity index (χ4v) is 2.68. The average Bonchev–Trinajstić information content (AvgIpc) is 2.54. The third-order valence-electron chi connectivity index (χ3n) is 3.69. The summed E-state index contributed by atoms with van der Waals surface area (Å²) in [5.74, 6) is -0.529. The fourth-order valence-electron chi connectivity index (χ4n) is 2.17. The van der Waals surface area contributed by atoms with Crippen molar-refractivity contribution in [2.75, 3.05) is 22.9 Å². The number of amides is 1. The third-order valence-corrected chi connectivity index (χ3v) is 4.88. The lowest BCUT2D eigenvalue weighted by Crippen LogP contribution is -2.27. The molecule has 0 aliphatic carbocycles. The normalized spacial score (nSPS) is 12.5. The van der Waals surface area contributed by atoms with Crippen molar-refractivity contribution in [2.45, 2.75) is 12.8 Å². The lowest BCUT2D eigenvalue weighted by Gasteiger charge is -2.21. The predicted octanol–water partition coefficient (Wildman–Crippen LogP) is 2.82. The highest BCUT2D eigenvalue weighted by Gasteiger charge is 2.19. The molecule has 0 fully saturated rings. The van der Waals surface area contributed by atoms with Crippen molar-refractivity contribution in [3.63, 3.8) is 0 Å². The Morgan fingerprint density at radius 2 is 1.61 bits per heavy atom. The smallest absolute Gasteiger partial charge is 0.232 e. The van der Waals surface area contributed by atoms with Crippen molar-refractivity contribution >= 4 is 27.3 Å². The number of nitrogens with zero attached hydrogens (tertiary/aromatic N) is 1. The number of hydrogen-bond donors (Lipinski definition) is 1. The first-order valence-electron chi connectivity index (χ1n) is 7.19. The van der Waals surface area contributed by atoms with Gasteiger partial charge in [0.1, 0.15) is 0 Å². The molecule has 0 aromatic heterocycles. The van der Waals surface area contributed by atoms with Gasteiger partial charge in [-0.25, -0.2) is 8.42 Å². The second-order valence-corrected chi connectivity index (χ2v) is 7.38. The first kappa shape index (κ1) is 17.0. The predicted molar refractivity (Wildman–Crippen MR) is 93.2 cm³/mol. The maximum absolute atomic E-state index is 12.5. The number of hydrogen-bond acceptors (Lipinski definition) is 3. The van der Waals surface area contributed by atoms with Crippen molar-refractivity contribution in [1.82, 2.24) is 0 Å². The van der Waals surface area contributed by atoms with Gasteiger partial charge in [-0.2, -0.15) is 0 Å². The fraction of sp³-hybridized carbons (Fsp3) is 0.235. The molecule has 0 saturated carbocycles. The third kappa shape index (κ3) is 4.10. The Kier molecular flexibility index (Phi) is 5.05. The molecule has 0 bridgehead atoms. The summed E-state index contributed by atoms with van der Waals surface area (Å²) < 4.78 is 24.6. The van der Waals surface area contributed by atoms with Gasteiger partial charge >= 0.3 is 0 Å². The molecule has 0 spiro atoms. The van der Waals surface area contributed by atoms with E-state index in [0.717, 1.165) is 16.1 Å². The van der Waals surface area contributed by atoms with Gasteiger partial charge in [-0.15, -0.1) is 0 Å². The first-order valence-corrected chi connectivity index (χ1v) is 9.04. The Balaban J connectivity index is 2.25. The number of carbonyl (C=O) groups is 1. The van der Waals surface area contributed by atoms with E-state index in [2.05, 4.69) is 5.32 Å². The van der Waals surface area contributed by atoms with E-state index in [1.165, 1.54) is 7.05 Å². The van der Waals surface area contributed by atoms with Crippen molar-refractivity contribution in [3.8, 4) is 0 Å². The van der Waals surface area contributed by atoms with E-state index in [0.29, 0.717) is 11.4 Å². The summed E-state index contributed by atoms with van der Waals surface area (Å²) in [6, 6.07) is 16.3. The maximum Gasteiger partial charge on any atom is 0.232 e. The summed E-state index contributed by atoms with van der Waals surface area (Å²) in [6.07, 6.45) is 1.12. The maximum atomic E-state index is 12.5. The molecule has 5 nitrogen and oxygen atoms in total. The minimum Gasteiger partial charge on any atom is -0.324 e. The molecule has 0 radical (unpaired) electrons. The zero-order valence-corrected chi connectivity index (χ0v) is 14.2. The molecular formula is C17H20N2O3S. The monoisotopic (exact) mass is 332 g/mol. The molecule has 122 valence electrons. The second-order valence-electron chi connectivity index (χ2n) is 5.37. The Morgan fingerprint density at radius 3 is 2.22 bits per heavy atom. The van der Waals surface area contributed by atoms with Gasteiger partial charge in [0.05, 0.1) is 23.5 Å². The minimum absolute atomic E-state index is 0.189. The molecule has 1 N–H and O–H groups in total. The molecular weight excluding hydrogens is 312 g/mol. The lowest BCUT2D eigenvalue weighted by molar-refractivity contribution is -0.117. The van der Waals surface area contributed by atoms with Crippen LogP contribution in [-0.2, 0) is 14.8 Å². The number of anilines is 2. The number of sulfonamides is 1. The average molecular weight is 332 g/mol. The molecule has 23 heavy (non-hydrogen) atoms. The van der Waals surface area contributed by atoms with Crippen LogP contribution < -0.4 is 9.62 Å². The zero-order valence-electron chi connectivity index (χ0n) is 13.4. The number of carbonyl (C=O) groups excluding carboxylic acids is 1. The Bertz CT molecular complexity index is 788. The summed E-state index contributed by atoms with van der Waals surface area (Å²) in [7, 11) is -1.95. The number of rotatable bonds is 5. The molecule has 0 aliphatic rings. The Morgan fingerprint density at radius 1 is 1.04 bits per heavy atom. The van der Waals surface area contributed by atoms with Crippen LogP contribution in [0, 0.1) is 0 Å². The van der Waals surface area contributed by atoms with Gasteiger partial charge in [0.25, 0.3) is 0 Å². The second kappa shape index (κ2) is 6.83. The standard InChI is InChI=1S/C17H20N2O3S/c1-13(14-9-5-4-6-10-14)17(20)18-15-11-7-8-12-16(15)19(2)23(3,21)22/h4-13H,1-3H3,(H,18,20)/t13-/m0/s1. The van der Waals surface area contributed by atoms with Crippen molar-refractivity contribution in [3.05, 3.63) is 60.2 Å². The Labute approximate surface area is 137 Å². The van der Waals surface area contributed by atoms with Gasteiger partial charge in [0, 0.05) is 7.05 Å². The van der Waals surface area contributed by atoms with Crippen LogP contribution in [0.15, 0.2) is 54.6 Å². The molecule has 0 aliphatic heterocycles. The number of nitrogens with one attached hydrogen (secondary N) is 1. The highest BCUT2D eigenvalue weighted by atomic mass is 32.2. The molecule has 2 aromatic carbocycles. The van der Waals surface area contributed by atoms with E-state index < -0.39 is 10.0 Å². The van der Waals surface area contributed by atoms with Crippen LogP contribution in [-0.4, -0.2) is 27.6 Å². The van der Waals surface area contributed by atoms with Crippen LogP contribution in [0.1, 0.15) is 18.4 Å². The molecule has 0 unspecified atom stereocenters. The minimum atomic E-state index is -3.40. The van der Waals surface area contributed by atoms with E-state index in [-0.39, 0.29) is 11.8 Å². The van der Waals surface area contributed by atoms with Crippen LogP contribution in [0.5, 0.6) is 0 Å². The van der Waals surface area contributed by atoms with Crippen LogP contribution in [0.25, 0.3) is 0 Å². The zero-order chi connectivity index (χ0) is 17.0. The van der Waals surface area contributed by atoms with Gasteiger partial charge < -0.3 is 5.32 Å². The van der Waals surface area contributed by atoms with Gasteiger partial charge in [-0.3, -0.25) is 9.10 Å². The quantitative estimate of drug-likeness (QED) is 0.915. The summed E-state index contributed by atoms with van der Waals surface area (Å²) in [6.45, 7) is 1.81. The topological polar surface area (TPSA) is 66.5 Å². The first-order chi connectivity index (χ1) is 10.8. The van der Waals surface area contributed by atoms with Gasteiger partial charge in [-0.05, 0) is 24.6 Å². The van der Waals surface area contributed by atoms with Crippen molar-refractivity contribution in [1.29, 1.82) is 0 Å². The molecule has 2 aromatic rings. The van der Waals surface area contributed by atoms with Crippen molar-refractivity contribution < 1.29 is 13.2 Å². The van der Waals surface area contributed by atoms with Crippen LogP contribution in [0.3, 0.4) is 0 Å². The highest BCUT2D eigenvalue weighted by molar-refractivity contribution is 7.92. The molecule has 0 saturated heterocycles. The summed E-state index contributed by atoms with van der Waals surface area (Å²) >= 11 is 0. The van der Waals surface area contributed by atoms with Gasteiger partial charge in [-0.1, -0.05) is 42.5 Å². The highest BCUT2D eigenvalue weighted by Crippen LogP contribution is 2.27. The van der Waals surface area contributed by atoms with Gasteiger partial charge in [0.15, 0.2) is 0 Å². The van der Waals surface area contributed by atoms with Crippen LogP contribution in [0.4, 0.5) is 11.4 Å². The van der Waals surface area contributed by atoms with Crippen LogP contribution in [0.2, 0.25) is 0 Å². The number of para-hydroxylation sites is 2. The van der Waals surface area contributed by atoms with E-state index >= 15 is 0 Å². The van der Waals surface area contributed by atoms with Crippen LogP contribution >= 0.6 is 0 Å². The summed E-state index contributed by atoms with van der Waals surface area (Å²) in [5.41, 5.74) is 1.80.